The molecule has 1 amide bonds. The Balaban J connectivity index is 1.54. The van der Waals surface area contributed by atoms with Crippen molar-refractivity contribution in [1.29, 1.82) is 0 Å². The van der Waals surface area contributed by atoms with Crippen molar-refractivity contribution in [2.24, 2.45) is 0 Å². The molecule has 1 aliphatic rings. The first-order chi connectivity index (χ1) is 8.84. The SMILES string of the molecule is O=C(CNCCc1ccco1)NC1CCCCC1. The van der Waals surface area contributed by atoms with E-state index < -0.39 is 0 Å². The Morgan fingerprint density at radius 3 is 2.89 bits per heavy atom. The lowest BCUT2D eigenvalue weighted by molar-refractivity contribution is -0.121. The van der Waals surface area contributed by atoms with Crippen molar-refractivity contribution in [3.05, 3.63) is 24.2 Å². The van der Waals surface area contributed by atoms with Gasteiger partial charge < -0.3 is 15.1 Å². The van der Waals surface area contributed by atoms with Crippen molar-refractivity contribution < 1.29 is 9.21 Å². The van der Waals surface area contributed by atoms with Gasteiger partial charge in [-0.2, -0.15) is 0 Å². The second-order valence-corrected chi connectivity index (χ2v) is 4.91. The van der Waals surface area contributed by atoms with Crippen molar-refractivity contribution in [2.75, 3.05) is 13.1 Å². The van der Waals surface area contributed by atoms with Gasteiger partial charge in [-0.3, -0.25) is 4.79 Å². The van der Waals surface area contributed by atoms with Crippen molar-refractivity contribution >= 4 is 5.91 Å². The van der Waals surface area contributed by atoms with E-state index in [9.17, 15) is 4.79 Å². The van der Waals surface area contributed by atoms with Gasteiger partial charge >= 0.3 is 0 Å². The van der Waals surface area contributed by atoms with Crippen LogP contribution in [0.3, 0.4) is 0 Å². The number of amides is 1. The van der Waals surface area contributed by atoms with E-state index in [-0.39, 0.29) is 5.91 Å². The van der Waals surface area contributed by atoms with E-state index in [2.05, 4.69) is 10.6 Å². The maximum absolute atomic E-state index is 11.7. The van der Waals surface area contributed by atoms with Gasteiger partial charge in [0.05, 0.1) is 12.8 Å². The van der Waals surface area contributed by atoms with Gasteiger partial charge in [0.2, 0.25) is 5.91 Å². The van der Waals surface area contributed by atoms with Crippen LogP contribution < -0.4 is 10.6 Å². The molecule has 1 aliphatic carbocycles. The monoisotopic (exact) mass is 250 g/mol. The van der Waals surface area contributed by atoms with E-state index in [1.54, 1.807) is 6.26 Å². The van der Waals surface area contributed by atoms with Crippen molar-refractivity contribution in [3.8, 4) is 0 Å². The van der Waals surface area contributed by atoms with E-state index in [0.29, 0.717) is 12.6 Å². The first kappa shape index (κ1) is 13.1. The fourth-order valence-electron chi connectivity index (χ4n) is 2.39. The molecule has 0 radical (unpaired) electrons. The molecule has 4 nitrogen and oxygen atoms in total. The summed E-state index contributed by atoms with van der Waals surface area (Å²) in [6.07, 6.45) is 8.58. The molecule has 0 unspecified atom stereocenters. The number of hydrogen-bond acceptors (Lipinski definition) is 3. The van der Waals surface area contributed by atoms with Crippen LogP contribution in [-0.2, 0) is 11.2 Å². The Hall–Kier alpha value is -1.29. The molecule has 1 fully saturated rings. The van der Waals surface area contributed by atoms with Crippen LogP contribution in [0.5, 0.6) is 0 Å². The van der Waals surface area contributed by atoms with Gasteiger partial charge in [0.1, 0.15) is 5.76 Å². The topological polar surface area (TPSA) is 54.3 Å². The highest BCUT2D eigenvalue weighted by Crippen LogP contribution is 2.16. The molecule has 0 spiro atoms. The maximum Gasteiger partial charge on any atom is 0.234 e. The summed E-state index contributed by atoms with van der Waals surface area (Å²) < 4.78 is 5.22. The van der Waals surface area contributed by atoms with Crippen LogP contribution in [0.1, 0.15) is 37.9 Å². The molecular formula is C14H22N2O2. The standard InChI is InChI=1S/C14H22N2O2/c17-14(16-12-5-2-1-3-6-12)11-15-9-8-13-7-4-10-18-13/h4,7,10,12,15H,1-3,5-6,8-9,11H2,(H,16,17). The summed E-state index contributed by atoms with van der Waals surface area (Å²) in [7, 11) is 0. The Bertz CT molecular complexity index is 343. The van der Waals surface area contributed by atoms with Crippen LogP contribution >= 0.6 is 0 Å². The van der Waals surface area contributed by atoms with Gasteiger partial charge in [-0.25, -0.2) is 0 Å². The summed E-state index contributed by atoms with van der Waals surface area (Å²) >= 11 is 0. The van der Waals surface area contributed by atoms with Crippen molar-refractivity contribution in [1.82, 2.24) is 10.6 Å². The number of hydrogen-bond donors (Lipinski definition) is 2. The lowest BCUT2D eigenvalue weighted by Gasteiger charge is -2.22. The van der Waals surface area contributed by atoms with Gasteiger partial charge in [-0.1, -0.05) is 19.3 Å². The number of rotatable bonds is 6. The summed E-state index contributed by atoms with van der Waals surface area (Å²) in [4.78, 5) is 11.7. The molecule has 1 heterocycles. The van der Waals surface area contributed by atoms with E-state index in [1.165, 1.54) is 19.3 Å². The predicted molar refractivity (Wildman–Crippen MR) is 70.3 cm³/mol. The Kier molecular flexibility index (Phi) is 5.27. The first-order valence-corrected chi connectivity index (χ1v) is 6.87. The van der Waals surface area contributed by atoms with Crippen molar-refractivity contribution in [3.63, 3.8) is 0 Å². The molecule has 0 atom stereocenters. The number of carbonyl (C=O) groups excluding carboxylic acids is 1. The van der Waals surface area contributed by atoms with Crippen LogP contribution in [0.2, 0.25) is 0 Å². The van der Waals surface area contributed by atoms with Crippen LogP contribution in [0.15, 0.2) is 22.8 Å². The molecule has 0 aromatic carbocycles. The molecular weight excluding hydrogens is 228 g/mol. The molecule has 1 aromatic heterocycles. The van der Waals surface area contributed by atoms with Gasteiger partial charge in [0.25, 0.3) is 0 Å². The summed E-state index contributed by atoms with van der Waals surface area (Å²) in [6.45, 7) is 1.17. The zero-order valence-corrected chi connectivity index (χ0v) is 10.8. The highest BCUT2D eigenvalue weighted by Gasteiger charge is 2.14. The van der Waals surface area contributed by atoms with Gasteiger partial charge in [0.15, 0.2) is 0 Å². The lowest BCUT2D eigenvalue weighted by Crippen LogP contribution is -2.41. The van der Waals surface area contributed by atoms with Gasteiger partial charge in [-0.05, 0) is 25.0 Å². The number of carbonyl (C=O) groups is 1. The predicted octanol–water partition coefficient (Wildman–Crippen LogP) is 1.86. The average molecular weight is 250 g/mol. The number of nitrogens with one attached hydrogen (secondary N) is 2. The summed E-state index contributed by atoms with van der Waals surface area (Å²) in [6, 6.07) is 4.23. The van der Waals surface area contributed by atoms with Gasteiger partial charge in [0, 0.05) is 19.0 Å². The Morgan fingerprint density at radius 1 is 1.33 bits per heavy atom. The quantitative estimate of drug-likeness (QED) is 0.758. The third kappa shape index (κ3) is 4.53. The van der Waals surface area contributed by atoms with Crippen LogP contribution in [0.4, 0.5) is 0 Å². The highest BCUT2D eigenvalue weighted by atomic mass is 16.3. The molecule has 2 rings (SSSR count). The second kappa shape index (κ2) is 7.21. The minimum atomic E-state index is 0.112. The highest BCUT2D eigenvalue weighted by molar-refractivity contribution is 5.78. The minimum absolute atomic E-state index is 0.112. The van der Waals surface area contributed by atoms with E-state index in [1.807, 2.05) is 12.1 Å². The van der Waals surface area contributed by atoms with Crippen LogP contribution in [-0.4, -0.2) is 25.0 Å². The fourth-order valence-corrected chi connectivity index (χ4v) is 2.39. The van der Waals surface area contributed by atoms with E-state index in [4.69, 9.17) is 4.42 Å². The first-order valence-electron chi connectivity index (χ1n) is 6.87. The molecule has 2 N–H and O–H groups in total. The molecule has 100 valence electrons. The molecule has 0 saturated heterocycles. The number of furan rings is 1. The summed E-state index contributed by atoms with van der Waals surface area (Å²) in [5.41, 5.74) is 0. The maximum atomic E-state index is 11.7. The third-order valence-electron chi connectivity index (χ3n) is 3.38. The molecule has 1 saturated carbocycles. The average Bonchev–Trinajstić information content (AvgIpc) is 2.89. The van der Waals surface area contributed by atoms with E-state index in [0.717, 1.165) is 31.6 Å². The van der Waals surface area contributed by atoms with Crippen LogP contribution in [0, 0.1) is 0 Å². The second-order valence-electron chi connectivity index (χ2n) is 4.91. The molecule has 18 heavy (non-hydrogen) atoms. The van der Waals surface area contributed by atoms with Crippen LogP contribution in [0.25, 0.3) is 0 Å². The largest absolute Gasteiger partial charge is 0.469 e. The fraction of sp³-hybridized carbons (Fsp3) is 0.643. The Morgan fingerprint density at radius 2 is 2.17 bits per heavy atom. The summed E-state index contributed by atoms with van der Waals surface area (Å²) in [5, 5.41) is 6.23. The molecule has 0 bridgehead atoms. The molecule has 4 heteroatoms. The zero-order chi connectivity index (χ0) is 12.6. The zero-order valence-electron chi connectivity index (χ0n) is 10.8. The van der Waals surface area contributed by atoms with E-state index >= 15 is 0 Å². The molecule has 0 aliphatic heterocycles. The normalized spacial score (nSPS) is 16.7. The Labute approximate surface area is 108 Å². The smallest absolute Gasteiger partial charge is 0.234 e. The van der Waals surface area contributed by atoms with Crippen molar-refractivity contribution in [2.45, 2.75) is 44.6 Å². The third-order valence-corrected chi connectivity index (χ3v) is 3.38. The summed E-state index contributed by atoms with van der Waals surface area (Å²) in [5.74, 6) is 1.07. The molecule has 1 aromatic rings. The van der Waals surface area contributed by atoms with Gasteiger partial charge in [-0.15, -0.1) is 0 Å². The lowest BCUT2D eigenvalue weighted by atomic mass is 9.95. The minimum Gasteiger partial charge on any atom is -0.469 e.